The highest BCUT2D eigenvalue weighted by Gasteiger charge is 2.07. The monoisotopic (exact) mass is 237 g/mol. The van der Waals surface area contributed by atoms with Crippen LogP contribution in [0.1, 0.15) is 25.8 Å². The molecule has 0 heterocycles. The number of benzene rings is 1. The van der Waals surface area contributed by atoms with Crippen molar-refractivity contribution in [2.24, 2.45) is 0 Å². The van der Waals surface area contributed by atoms with Gasteiger partial charge in [0.25, 0.3) is 0 Å². The van der Waals surface area contributed by atoms with Crippen LogP contribution in [0, 0.1) is 6.92 Å². The Morgan fingerprint density at radius 1 is 1.35 bits per heavy atom. The first-order valence-electron chi connectivity index (χ1n) is 6.23. The highest BCUT2D eigenvalue weighted by Crippen LogP contribution is 2.16. The van der Waals surface area contributed by atoms with E-state index < -0.39 is 6.10 Å². The maximum Gasteiger partial charge on any atom is 0.122 e. The minimum Gasteiger partial charge on any atom is -0.491 e. The molecule has 3 heteroatoms. The molecule has 0 saturated heterocycles. The van der Waals surface area contributed by atoms with E-state index >= 15 is 0 Å². The second-order valence-corrected chi connectivity index (χ2v) is 4.45. The average molecular weight is 237 g/mol. The van der Waals surface area contributed by atoms with Crippen LogP contribution in [0.4, 0.5) is 0 Å². The fourth-order valence-electron chi connectivity index (χ4n) is 1.44. The fraction of sp³-hybridized carbons (Fsp3) is 0.571. The highest BCUT2D eigenvalue weighted by atomic mass is 16.5. The number of rotatable bonds is 7. The van der Waals surface area contributed by atoms with Crippen LogP contribution in [0.2, 0.25) is 0 Å². The third kappa shape index (κ3) is 5.20. The van der Waals surface area contributed by atoms with Gasteiger partial charge in [-0.15, -0.1) is 0 Å². The molecule has 0 aliphatic rings. The summed E-state index contributed by atoms with van der Waals surface area (Å²) in [5.41, 5.74) is 1.09. The quantitative estimate of drug-likeness (QED) is 0.763. The molecule has 2 unspecified atom stereocenters. The second kappa shape index (κ2) is 7.30. The molecule has 2 N–H and O–H groups in total. The molecule has 0 bridgehead atoms. The molecule has 0 aromatic heterocycles. The Morgan fingerprint density at radius 3 is 2.71 bits per heavy atom. The third-order valence-electron chi connectivity index (χ3n) is 2.84. The summed E-state index contributed by atoms with van der Waals surface area (Å²) in [4.78, 5) is 0. The van der Waals surface area contributed by atoms with Crippen LogP contribution in [0.5, 0.6) is 5.75 Å². The molecule has 0 spiro atoms. The van der Waals surface area contributed by atoms with E-state index in [-0.39, 0.29) is 0 Å². The number of aryl methyl sites for hydroxylation is 1. The maximum atomic E-state index is 9.76. The molecular weight excluding hydrogens is 214 g/mol. The molecule has 3 nitrogen and oxygen atoms in total. The van der Waals surface area contributed by atoms with E-state index in [4.69, 9.17) is 4.74 Å². The van der Waals surface area contributed by atoms with Crippen LogP contribution >= 0.6 is 0 Å². The topological polar surface area (TPSA) is 41.5 Å². The van der Waals surface area contributed by atoms with Crippen molar-refractivity contribution in [2.75, 3.05) is 13.2 Å². The van der Waals surface area contributed by atoms with Gasteiger partial charge in [0.15, 0.2) is 0 Å². The maximum absolute atomic E-state index is 9.76. The van der Waals surface area contributed by atoms with Crippen molar-refractivity contribution >= 4 is 0 Å². The summed E-state index contributed by atoms with van der Waals surface area (Å²) in [5.74, 6) is 0.843. The van der Waals surface area contributed by atoms with Gasteiger partial charge in [-0.05, 0) is 31.9 Å². The lowest BCUT2D eigenvalue weighted by Crippen LogP contribution is -2.36. The van der Waals surface area contributed by atoms with Crippen LogP contribution in [0.3, 0.4) is 0 Å². The minimum atomic E-state index is -0.469. The summed E-state index contributed by atoms with van der Waals surface area (Å²) in [6, 6.07) is 8.27. The number of nitrogens with one attached hydrogen (secondary N) is 1. The summed E-state index contributed by atoms with van der Waals surface area (Å²) in [5, 5.41) is 13.0. The van der Waals surface area contributed by atoms with Gasteiger partial charge in [0.1, 0.15) is 18.5 Å². The van der Waals surface area contributed by atoms with Crippen molar-refractivity contribution < 1.29 is 9.84 Å². The lowest BCUT2D eigenvalue weighted by atomic mass is 10.2. The van der Waals surface area contributed by atoms with Crippen molar-refractivity contribution in [3.63, 3.8) is 0 Å². The van der Waals surface area contributed by atoms with E-state index in [1.807, 2.05) is 31.2 Å². The molecule has 1 aromatic rings. The SMILES string of the molecule is CCC(C)NCC(O)COc1ccccc1C. The largest absolute Gasteiger partial charge is 0.491 e. The van der Waals surface area contributed by atoms with Crippen LogP contribution in [-0.4, -0.2) is 30.4 Å². The summed E-state index contributed by atoms with van der Waals surface area (Å²) in [6.45, 7) is 7.12. The molecule has 1 rings (SSSR count). The van der Waals surface area contributed by atoms with Gasteiger partial charge in [-0.25, -0.2) is 0 Å². The molecular formula is C14H23NO2. The molecule has 1 aromatic carbocycles. The van der Waals surface area contributed by atoms with Gasteiger partial charge >= 0.3 is 0 Å². The van der Waals surface area contributed by atoms with E-state index in [1.54, 1.807) is 0 Å². The van der Waals surface area contributed by atoms with Gasteiger partial charge in [0.2, 0.25) is 0 Å². The summed E-state index contributed by atoms with van der Waals surface area (Å²) < 4.78 is 5.57. The van der Waals surface area contributed by atoms with Crippen LogP contribution in [0.25, 0.3) is 0 Å². The van der Waals surface area contributed by atoms with Gasteiger partial charge in [0.05, 0.1) is 0 Å². The number of aliphatic hydroxyl groups is 1. The standard InChI is InChI=1S/C14H23NO2/c1-4-12(3)15-9-13(16)10-17-14-8-6-5-7-11(14)2/h5-8,12-13,15-16H,4,9-10H2,1-3H3. The van der Waals surface area contributed by atoms with E-state index in [9.17, 15) is 5.11 Å². The van der Waals surface area contributed by atoms with E-state index in [0.717, 1.165) is 17.7 Å². The van der Waals surface area contributed by atoms with Crippen LogP contribution < -0.4 is 10.1 Å². The van der Waals surface area contributed by atoms with Crippen molar-refractivity contribution in [3.05, 3.63) is 29.8 Å². The lowest BCUT2D eigenvalue weighted by molar-refractivity contribution is 0.103. The molecule has 0 aliphatic carbocycles. The van der Waals surface area contributed by atoms with Crippen LogP contribution in [0.15, 0.2) is 24.3 Å². The number of para-hydroxylation sites is 1. The highest BCUT2D eigenvalue weighted by molar-refractivity contribution is 5.31. The average Bonchev–Trinajstić information content (AvgIpc) is 2.35. The van der Waals surface area contributed by atoms with Gasteiger partial charge < -0.3 is 15.2 Å². The number of hydrogen-bond donors (Lipinski definition) is 2. The summed E-state index contributed by atoms with van der Waals surface area (Å²) in [7, 11) is 0. The Hall–Kier alpha value is -1.06. The summed E-state index contributed by atoms with van der Waals surface area (Å²) in [6.07, 6.45) is 0.592. The molecule has 0 aliphatic heterocycles. The third-order valence-corrected chi connectivity index (χ3v) is 2.84. The molecule has 2 atom stereocenters. The number of ether oxygens (including phenoxy) is 1. The zero-order valence-corrected chi connectivity index (χ0v) is 10.9. The number of aliphatic hydroxyl groups excluding tert-OH is 1. The van der Waals surface area contributed by atoms with Gasteiger partial charge in [-0.1, -0.05) is 25.1 Å². The second-order valence-electron chi connectivity index (χ2n) is 4.45. The van der Waals surface area contributed by atoms with Gasteiger partial charge in [0, 0.05) is 12.6 Å². The predicted molar refractivity (Wildman–Crippen MR) is 70.4 cm³/mol. The Morgan fingerprint density at radius 2 is 2.06 bits per heavy atom. The first kappa shape index (κ1) is 14.0. The Labute approximate surface area is 104 Å². The molecule has 0 saturated carbocycles. The van der Waals surface area contributed by atoms with E-state index in [0.29, 0.717) is 19.2 Å². The molecule has 0 amide bonds. The van der Waals surface area contributed by atoms with Crippen LogP contribution in [-0.2, 0) is 0 Å². The zero-order valence-electron chi connectivity index (χ0n) is 10.9. The molecule has 96 valence electrons. The smallest absolute Gasteiger partial charge is 0.122 e. The van der Waals surface area contributed by atoms with E-state index in [2.05, 4.69) is 19.2 Å². The Balaban J connectivity index is 2.28. The predicted octanol–water partition coefficient (Wildman–Crippen LogP) is 2.12. The van der Waals surface area contributed by atoms with Crippen molar-refractivity contribution in [1.82, 2.24) is 5.32 Å². The molecule has 0 fully saturated rings. The van der Waals surface area contributed by atoms with E-state index in [1.165, 1.54) is 0 Å². The first-order chi connectivity index (χ1) is 8.13. The molecule has 0 radical (unpaired) electrons. The van der Waals surface area contributed by atoms with Crippen molar-refractivity contribution in [1.29, 1.82) is 0 Å². The van der Waals surface area contributed by atoms with Gasteiger partial charge in [-0.3, -0.25) is 0 Å². The Bertz CT molecular complexity index is 328. The Kier molecular flexibility index (Phi) is 6.01. The lowest BCUT2D eigenvalue weighted by Gasteiger charge is -2.17. The first-order valence-corrected chi connectivity index (χ1v) is 6.23. The normalized spacial score (nSPS) is 14.4. The number of hydrogen-bond acceptors (Lipinski definition) is 3. The minimum absolute atomic E-state index is 0.328. The molecule has 17 heavy (non-hydrogen) atoms. The van der Waals surface area contributed by atoms with Crippen molar-refractivity contribution in [3.8, 4) is 5.75 Å². The zero-order chi connectivity index (χ0) is 12.7. The van der Waals surface area contributed by atoms with Crippen molar-refractivity contribution in [2.45, 2.75) is 39.3 Å². The summed E-state index contributed by atoms with van der Waals surface area (Å²) >= 11 is 0. The fourth-order valence-corrected chi connectivity index (χ4v) is 1.44. The van der Waals surface area contributed by atoms with Gasteiger partial charge in [-0.2, -0.15) is 0 Å².